The van der Waals surface area contributed by atoms with E-state index < -0.39 is 6.17 Å². The molecule has 0 amide bonds. The lowest BCUT2D eigenvalue weighted by Gasteiger charge is -2.12. The fourth-order valence-corrected chi connectivity index (χ4v) is 2.46. The van der Waals surface area contributed by atoms with Crippen LogP contribution < -0.4 is 5.73 Å². The van der Waals surface area contributed by atoms with Crippen molar-refractivity contribution in [1.29, 1.82) is 0 Å². The summed E-state index contributed by atoms with van der Waals surface area (Å²) < 4.78 is 2.69. The number of hydrogen-bond acceptors (Lipinski definition) is 4. The second-order valence-corrected chi connectivity index (χ2v) is 4.35. The number of nitroso groups, excluding NO2 is 1. The topological polar surface area (TPSA) is 76.3 Å². The number of aliphatic imine (C=N–C) groups is 1. The quantitative estimate of drug-likeness (QED) is 0.727. The fourth-order valence-electron chi connectivity index (χ4n) is 2.46. The van der Waals surface area contributed by atoms with Crippen LogP contribution in [0.2, 0.25) is 0 Å². The zero-order chi connectivity index (χ0) is 11.1. The van der Waals surface area contributed by atoms with Crippen molar-refractivity contribution in [2.24, 2.45) is 10.7 Å². The highest BCUT2D eigenvalue weighted by atomic mass is 16.3. The maximum atomic E-state index is 11.3. The molecule has 1 unspecified atom stereocenters. The third-order valence-electron chi connectivity index (χ3n) is 3.36. The van der Waals surface area contributed by atoms with Crippen molar-refractivity contribution in [2.45, 2.75) is 37.9 Å². The Morgan fingerprint density at radius 1 is 1.44 bits per heavy atom. The second-order valence-electron chi connectivity index (χ2n) is 4.35. The zero-order valence-electron chi connectivity index (χ0n) is 8.91. The van der Waals surface area contributed by atoms with E-state index in [0.29, 0.717) is 16.5 Å². The molecule has 0 radical (unpaired) electrons. The van der Waals surface area contributed by atoms with Crippen LogP contribution in [0.3, 0.4) is 0 Å². The Morgan fingerprint density at radius 2 is 2.19 bits per heavy atom. The van der Waals surface area contributed by atoms with E-state index in [4.69, 9.17) is 5.73 Å². The van der Waals surface area contributed by atoms with Gasteiger partial charge in [-0.3, -0.25) is 10.3 Å². The highest BCUT2D eigenvalue weighted by Crippen LogP contribution is 2.36. The fraction of sp³-hybridized carbons (Fsp3) is 0.600. The summed E-state index contributed by atoms with van der Waals surface area (Å²) in [5.41, 5.74) is 6.34. The largest absolute Gasteiger partial charge is 0.329 e. The molecule has 0 saturated heterocycles. The first kappa shape index (κ1) is 9.65. The van der Waals surface area contributed by atoms with Gasteiger partial charge in [-0.25, -0.2) is 4.98 Å². The lowest BCUT2D eigenvalue weighted by molar-refractivity contribution is -0.475. The number of fused-ring (bicyclic) bond motifs is 1. The summed E-state index contributed by atoms with van der Waals surface area (Å²) >= 11 is 0. The van der Waals surface area contributed by atoms with Gasteiger partial charge in [-0.15, -0.1) is 0 Å². The summed E-state index contributed by atoms with van der Waals surface area (Å²) in [4.78, 5) is 19.6. The smallest absolute Gasteiger partial charge is 0.291 e. The first-order chi connectivity index (χ1) is 7.77. The van der Waals surface area contributed by atoms with Gasteiger partial charge in [0.05, 0.1) is 6.33 Å². The molecule has 0 aromatic carbocycles. The average Bonchev–Trinajstić information content (AvgIpc) is 2.91. The molecule has 2 N–H and O–H groups in total. The molecule has 1 saturated carbocycles. The standard InChI is InChI=1S/C10H14N5O/c11-9-8-10(13-6-15(9)16)14(5-12-8)7-3-1-2-4-7/h5-7,9H,1-4,11H2/q+1. The van der Waals surface area contributed by atoms with E-state index in [9.17, 15) is 4.91 Å². The van der Waals surface area contributed by atoms with Crippen molar-refractivity contribution in [3.63, 3.8) is 0 Å². The molecular formula is C10H14N5O+. The molecule has 16 heavy (non-hydrogen) atoms. The summed E-state index contributed by atoms with van der Waals surface area (Å²) in [6, 6.07) is 0.471. The number of nitrogens with two attached hydrogens (primary N) is 1. The lowest BCUT2D eigenvalue weighted by Crippen LogP contribution is -2.26. The third-order valence-corrected chi connectivity index (χ3v) is 3.36. The molecular weight excluding hydrogens is 206 g/mol. The second kappa shape index (κ2) is 3.48. The molecule has 84 valence electrons. The molecule has 6 nitrogen and oxygen atoms in total. The van der Waals surface area contributed by atoms with E-state index in [0.717, 1.165) is 18.7 Å². The molecule has 6 heteroatoms. The Hall–Kier alpha value is -1.56. The van der Waals surface area contributed by atoms with E-state index in [-0.39, 0.29) is 0 Å². The maximum Gasteiger partial charge on any atom is 0.329 e. The Bertz CT molecular complexity index is 458. The minimum absolute atomic E-state index is 0.471. The van der Waals surface area contributed by atoms with E-state index in [1.165, 1.54) is 19.2 Å². The van der Waals surface area contributed by atoms with Gasteiger partial charge in [-0.1, -0.05) is 17.7 Å². The molecule has 1 aromatic rings. The van der Waals surface area contributed by atoms with Crippen molar-refractivity contribution in [3.8, 4) is 0 Å². The monoisotopic (exact) mass is 220 g/mol. The van der Waals surface area contributed by atoms with Crippen LogP contribution in [0.5, 0.6) is 0 Å². The van der Waals surface area contributed by atoms with Crippen LogP contribution in [0.4, 0.5) is 5.82 Å². The van der Waals surface area contributed by atoms with E-state index in [1.54, 1.807) is 6.33 Å². The molecule has 1 fully saturated rings. The van der Waals surface area contributed by atoms with Gasteiger partial charge in [-0.05, 0) is 22.6 Å². The van der Waals surface area contributed by atoms with Gasteiger partial charge in [0.1, 0.15) is 0 Å². The Kier molecular flexibility index (Phi) is 2.10. The number of rotatable bonds is 1. The first-order valence-corrected chi connectivity index (χ1v) is 5.59. The van der Waals surface area contributed by atoms with Crippen LogP contribution >= 0.6 is 0 Å². The van der Waals surface area contributed by atoms with E-state index in [2.05, 4.69) is 14.5 Å². The van der Waals surface area contributed by atoms with Crippen LogP contribution in [0.15, 0.2) is 11.3 Å². The summed E-state index contributed by atoms with van der Waals surface area (Å²) in [6.07, 6.45) is 7.11. The van der Waals surface area contributed by atoms with Crippen molar-refractivity contribution in [2.75, 3.05) is 0 Å². The molecule has 0 bridgehead atoms. The minimum atomic E-state index is -0.713. The molecule has 1 aliphatic carbocycles. The molecule has 3 rings (SSSR count). The molecule has 1 aromatic heterocycles. The predicted molar refractivity (Wildman–Crippen MR) is 58.4 cm³/mol. The lowest BCUT2D eigenvalue weighted by atomic mass is 10.2. The SMILES string of the molecule is NC1c2ncn(C3CCCC3)c2N=C[N+]1=O. The maximum absolute atomic E-state index is 11.3. The van der Waals surface area contributed by atoms with Gasteiger partial charge in [0.15, 0.2) is 5.69 Å². The number of nitrogens with zero attached hydrogens (tertiary/aromatic N) is 4. The highest BCUT2D eigenvalue weighted by molar-refractivity contribution is 5.57. The first-order valence-electron chi connectivity index (χ1n) is 5.59. The third kappa shape index (κ3) is 1.30. The molecule has 2 aliphatic rings. The van der Waals surface area contributed by atoms with Crippen LogP contribution in [-0.4, -0.2) is 20.6 Å². The summed E-state index contributed by atoms with van der Waals surface area (Å²) in [5, 5.41) is 0. The Labute approximate surface area is 92.8 Å². The van der Waals surface area contributed by atoms with Crippen molar-refractivity contribution >= 4 is 12.2 Å². The molecule has 2 heterocycles. The van der Waals surface area contributed by atoms with Gasteiger partial charge >= 0.3 is 6.34 Å². The van der Waals surface area contributed by atoms with Gasteiger partial charge in [0, 0.05) is 6.04 Å². The Morgan fingerprint density at radius 3 is 2.94 bits per heavy atom. The number of aromatic nitrogens is 2. The van der Waals surface area contributed by atoms with E-state index in [1.807, 2.05) is 0 Å². The van der Waals surface area contributed by atoms with Crippen molar-refractivity contribution < 1.29 is 4.76 Å². The van der Waals surface area contributed by atoms with Crippen LogP contribution in [0.25, 0.3) is 0 Å². The van der Waals surface area contributed by atoms with Crippen molar-refractivity contribution in [1.82, 2.24) is 9.55 Å². The highest BCUT2D eigenvalue weighted by Gasteiger charge is 2.34. The number of imidazole rings is 1. The number of hydrogen-bond donors (Lipinski definition) is 1. The molecule has 0 spiro atoms. The van der Waals surface area contributed by atoms with Crippen molar-refractivity contribution in [3.05, 3.63) is 16.9 Å². The van der Waals surface area contributed by atoms with E-state index >= 15 is 0 Å². The predicted octanol–water partition coefficient (Wildman–Crippen LogP) is 1.41. The van der Waals surface area contributed by atoms with Gasteiger partial charge in [-0.2, -0.15) is 0 Å². The zero-order valence-corrected chi connectivity index (χ0v) is 8.91. The van der Waals surface area contributed by atoms with Crippen LogP contribution in [0.1, 0.15) is 43.6 Å². The summed E-state index contributed by atoms with van der Waals surface area (Å²) in [6.45, 7) is 0. The Balaban J connectivity index is 2.02. The normalized spacial score (nSPS) is 25.1. The molecule has 1 aliphatic heterocycles. The van der Waals surface area contributed by atoms with Gasteiger partial charge < -0.3 is 0 Å². The van der Waals surface area contributed by atoms with Crippen LogP contribution in [-0.2, 0) is 0 Å². The van der Waals surface area contributed by atoms with Gasteiger partial charge in [0.2, 0.25) is 6.17 Å². The summed E-state index contributed by atoms with van der Waals surface area (Å²) in [5.74, 6) is 0.756. The molecule has 1 atom stereocenters. The van der Waals surface area contributed by atoms with Crippen LogP contribution in [0, 0.1) is 4.91 Å². The average molecular weight is 220 g/mol. The summed E-state index contributed by atoms with van der Waals surface area (Å²) in [7, 11) is 0. The van der Waals surface area contributed by atoms with Gasteiger partial charge in [0.25, 0.3) is 5.82 Å². The minimum Gasteiger partial charge on any atom is -0.291 e.